The lowest BCUT2D eigenvalue weighted by atomic mass is 10.2. The average Bonchev–Trinajstić information content (AvgIpc) is 2.44. The number of carbonyl (C=O) groups excluding carboxylic acids is 1. The highest BCUT2D eigenvalue weighted by Crippen LogP contribution is 2.17. The SMILES string of the molecule is O=C(NCCCN1CCNCC1)c1ccc(F)cc1O. The van der Waals surface area contributed by atoms with Gasteiger partial charge in [0.15, 0.2) is 0 Å². The van der Waals surface area contributed by atoms with Crippen molar-refractivity contribution < 1.29 is 14.3 Å². The molecule has 1 aromatic rings. The Morgan fingerprint density at radius 3 is 2.85 bits per heavy atom. The van der Waals surface area contributed by atoms with Gasteiger partial charge in [-0.2, -0.15) is 0 Å². The van der Waals surface area contributed by atoms with Crippen LogP contribution in [0.4, 0.5) is 4.39 Å². The Labute approximate surface area is 117 Å². The van der Waals surface area contributed by atoms with Crippen molar-refractivity contribution in [1.29, 1.82) is 0 Å². The first-order chi connectivity index (χ1) is 9.66. The van der Waals surface area contributed by atoms with Gasteiger partial charge in [-0.25, -0.2) is 4.39 Å². The molecular formula is C14H20FN3O2. The summed E-state index contributed by atoms with van der Waals surface area (Å²) >= 11 is 0. The minimum atomic E-state index is -0.558. The van der Waals surface area contributed by atoms with Gasteiger partial charge in [0.05, 0.1) is 5.56 Å². The van der Waals surface area contributed by atoms with Crippen molar-refractivity contribution in [3.63, 3.8) is 0 Å². The van der Waals surface area contributed by atoms with Crippen LogP contribution in [0, 0.1) is 5.82 Å². The zero-order chi connectivity index (χ0) is 14.4. The molecular weight excluding hydrogens is 261 g/mol. The number of phenols is 1. The molecule has 3 N–H and O–H groups in total. The highest BCUT2D eigenvalue weighted by atomic mass is 19.1. The minimum Gasteiger partial charge on any atom is -0.507 e. The van der Waals surface area contributed by atoms with E-state index in [2.05, 4.69) is 15.5 Å². The maximum absolute atomic E-state index is 12.8. The van der Waals surface area contributed by atoms with Crippen molar-refractivity contribution in [3.8, 4) is 5.75 Å². The van der Waals surface area contributed by atoms with Gasteiger partial charge in [-0.3, -0.25) is 4.79 Å². The summed E-state index contributed by atoms with van der Waals surface area (Å²) in [6.07, 6.45) is 0.855. The Bertz CT molecular complexity index is 462. The molecule has 0 bridgehead atoms. The Morgan fingerprint density at radius 2 is 2.15 bits per heavy atom. The van der Waals surface area contributed by atoms with Crippen LogP contribution < -0.4 is 10.6 Å². The van der Waals surface area contributed by atoms with Gasteiger partial charge in [0.25, 0.3) is 5.91 Å². The lowest BCUT2D eigenvalue weighted by Gasteiger charge is -2.27. The van der Waals surface area contributed by atoms with Crippen LogP contribution in [0.25, 0.3) is 0 Å². The molecule has 0 saturated carbocycles. The van der Waals surface area contributed by atoms with Crippen molar-refractivity contribution in [2.45, 2.75) is 6.42 Å². The molecule has 0 aliphatic carbocycles. The van der Waals surface area contributed by atoms with Gasteiger partial charge < -0.3 is 20.6 Å². The van der Waals surface area contributed by atoms with Crippen molar-refractivity contribution in [3.05, 3.63) is 29.6 Å². The molecule has 1 aromatic carbocycles. The zero-order valence-corrected chi connectivity index (χ0v) is 11.4. The fourth-order valence-electron chi connectivity index (χ4n) is 2.23. The van der Waals surface area contributed by atoms with E-state index < -0.39 is 5.82 Å². The maximum atomic E-state index is 12.8. The highest BCUT2D eigenvalue weighted by molar-refractivity contribution is 5.96. The van der Waals surface area contributed by atoms with E-state index in [1.165, 1.54) is 6.07 Å². The summed E-state index contributed by atoms with van der Waals surface area (Å²) in [7, 11) is 0. The third kappa shape index (κ3) is 4.18. The maximum Gasteiger partial charge on any atom is 0.255 e. The predicted octanol–water partition coefficient (Wildman–Crippen LogP) is 0.556. The molecule has 20 heavy (non-hydrogen) atoms. The van der Waals surface area contributed by atoms with Gasteiger partial charge in [-0.1, -0.05) is 0 Å². The van der Waals surface area contributed by atoms with Crippen LogP contribution in [0.15, 0.2) is 18.2 Å². The standard InChI is InChI=1S/C14H20FN3O2/c15-11-2-3-12(13(19)10-11)14(20)17-4-1-7-18-8-5-16-6-9-18/h2-3,10,16,19H,1,4-9H2,(H,17,20). The third-order valence-electron chi connectivity index (χ3n) is 3.35. The van der Waals surface area contributed by atoms with Crippen LogP contribution in [-0.4, -0.2) is 55.2 Å². The van der Waals surface area contributed by atoms with E-state index in [0.717, 1.165) is 51.3 Å². The predicted molar refractivity (Wildman–Crippen MR) is 74.3 cm³/mol. The lowest BCUT2D eigenvalue weighted by molar-refractivity contribution is 0.0948. The fraction of sp³-hybridized carbons (Fsp3) is 0.500. The van der Waals surface area contributed by atoms with E-state index in [1.54, 1.807) is 0 Å². The summed E-state index contributed by atoms with van der Waals surface area (Å²) in [4.78, 5) is 14.2. The van der Waals surface area contributed by atoms with Gasteiger partial charge in [0.1, 0.15) is 11.6 Å². The monoisotopic (exact) mass is 281 g/mol. The number of carbonyl (C=O) groups is 1. The number of halogens is 1. The Kier molecular flexibility index (Phi) is 5.31. The lowest BCUT2D eigenvalue weighted by Crippen LogP contribution is -2.44. The second-order valence-electron chi connectivity index (χ2n) is 4.86. The van der Waals surface area contributed by atoms with Crippen LogP contribution in [0.1, 0.15) is 16.8 Å². The smallest absolute Gasteiger partial charge is 0.255 e. The molecule has 0 unspecified atom stereocenters. The molecule has 1 amide bonds. The summed E-state index contributed by atoms with van der Waals surface area (Å²) in [6, 6.07) is 3.39. The number of piperazine rings is 1. The molecule has 0 radical (unpaired) electrons. The molecule has 5 nitrogen and oxygen atoms in total. The number of hydrogen-bond donors (Lipinski definition) is 3. The van der Waals surface area contributed by atoms with Crippen molar-refractivity contribution in [1.82, 2.24) is 15.5 Å². The molecule has 0 atom stereocenters. The molecule has 6 heteroatoms. The van der Waals surface area contributed by atoms with Crippen LogP contribution in [-0.2, 0) is 0 Å². The van der Waals surface area contributed by atoms with Crippen LogP contribution in [0.5, 0.6) is 5.75 Å². The first-order valence-corrected chi connectivity index (χ1v) is 6.86. The molecule has 1 saturated heterocycles. The normalized spacial score (nSPS) is 16.1. The number of phenolic OH excluding ortho intramolecular Hbond substituents is 1. The number of nitrogens with one attached hydrogen (secondary N) is 2. The van der Waals surface area contributed by atoms with E-state index in [1.807, 2.05) is 0 Å². The van der Waals surface area contributed by atoms with E-state index in [-0.39, 0.29) is 17.2 Å². The molecule has 1 aliphatic rings. The van der Waals surface area contributed by atoms with Crippen LogP contribution >= 0.6 is 0 Å². The van der Waals surface area contributed by atoms with Crippen molar-refractivity contribution in [2.75, 3.05) is 39.3 Å². The first kappa shape index (κ1) is 14.7. The number of aromatic hydroxyl groups is 1. The average molecular weight is 281 g/mol. The van der Waals surface area contributed by atoms with Gasteiger partial charge in [0.2, 0.25) is 0 Å². The number of nitrogens with zero attached hydrogens (tertiary/aromatic N) is 1. The van der Waals surface area contributed by atoms with Crippen molar-refractivity contribution >= 4 is 5.91 Å². The summed E-state index contributed by atoms with van der Waals surface area (Å²) in [6.45, 7) is 5.57. The Balaban J connectivity index is 1.72. The van der Waals surface area contributed by atoms with Gasteiger partial charge in [-0.05, 0) is 25.1 Å². The summed E-state index contributed by atoms with van der Waals surface area (Å²) < 4.78 is 12.8. The molecule has 1 fully saturated rings. The molecule has 1 heterocycles. The number of benzene rings is 1. The van der Waals surface area contributed by atoms with Gasteiger partial charge in [-0.15, -0.1) is 0 Å². The molecule has 0 aromatic heterocycles. The van der Waals surface area contributed by atoms with Crippen molar-refractivity contribution in [2.24, 2.45) is 0 Å². The first-order valence-electron chi connectivity index (χ1n) is 6.86. The second kappa shape index (κ2) is 7.21. The molecule has 0 spiro atoms. The Hall–Kier alpha value is -1.66. The van der Waals surface area contributed by atoms with E-state index >= 15 is 0 Å². The highest BCUT2D eigenvalue weighted by Gasteiger charge is 2.12. The molecule has 2 rings (SSSR count). The third-order valence-corrected chi connectivity index (χ3v) is 3.35. The van der Waals surface area contributed by atoms with E-state index in [4.69, 9.17) is 0 Å². The largest absolute Gasteiger partial charge is 0.507 e. The molecule has 1 aliphatic heterocycles. The topological polar surface area (TPSA) is 64.6 Å². The number of rotatable bonds is 5. The quantitative estimate of drug-likeness (QED) is 0.690. The minimum absolute atomic E-state index is 0.105. The van der Waals surface area contributed by atoms with E-state index in [9.17, 15) is 14.3 Å². The van der Waals surface area contributed by atoms with Crippen LogP contribution in [0.2, 0.25) is 0 Å². The fourth-order valence-corrected chi connectivity index (χ4v) is 2.23. The second-order valence-corrected chi connectivity index (χ2v) is 4.86. The number of amides is 1. The summed E-state index contributed by atoms with van der Waals surface area (Å²) in [5.41, 5.74) is 0.105. The van der Waals surface area contributed by atoms with Gasteiger partial charge in [0, 0.05) is 38.8 Å². The summed E-state index contributed by atoms with van der Waals surface area (Å²) in [5, 5.41) is 15.5. The number of hydrogen-bond acceptors (Lipinski definition) is 4. The van der Waals surface area contributed by atoms with E-state index in [0.29, 0.717) is 6.54 Å². The molecule has 110 valence electrons. The Morgan fingerprint density at radius 1 is 1.40 bits per heavy atom. The van der Waals surface area contributed by atoms with Crippen LogP contribution in [0.3, 0.4) is 0 Å². The summed E-state index contributed by atoms with van der Waals surface area (Å²) in [5.74, 6) is -1.26. The van der Waals surface area contributed by atoms with Gasteiger partial charge >= 0.3 is 0 Å². The zero-order valence-electron chi connectivity index (χ0n) is 11.4.